The van der Waals surface area contributed by atoms with Gasteiger partial charge in [0.1, 0.15) is 11.6 Å². The Balaban J connectivity index is 2.10. The van der Waals surface area contributed by atoms with Gasteiger partial charge in [0.2, 0.25) is 0 Å². The maximum atomic E-state index is 14.1. The van der Waals surface area contributed by atoms with Crippen molar-refractivity contribution < 1.29 is 9.13 Å². The highest BCUT2D eigenvalue weighted by Gasteiger charge is 2.15. The number of benzene rings is 2. The Bertz CT molecular complexity index is 600. The van der Waals surface area contributed by atoms with E-state index in [9.17, 15) is 4.39 Å². The lowest BCUT2D eigenvalue weighted by atomic mass is 10.0. The highest BCUT2D eigenvalue weighted by Crippen LogP contribution is 2.25. The molecule has 0 spiro atoms. The van der Waals surface area contributed by atoms with Crippen LogP contribution in [0.15, 0.2) is 42.5 Å². The fraction of sp³-hybridized carbons (Fsp3) is 0.294. The zero-order valence-corrected chi connectivity index (χ0v) is 13.1. The Morgan fingerprint density at radius 3 is 2.29 bits per heavy atom. The van der Waals surface area contributed by atoms with Crippen molar-refractivity contribution in [3.63, 3.8) is 0 Å². The zero-order valence-electron chi connectivity index (χ0n) is 12.4. The van der Waals surface area contributed by atoms with Crippen LogP contribution in [0.3, 0.4) is 0 Å². The van der Waals surface area contributed by atoms with Crippen molar-refractivity contribution in [3.8, 4) is 5.75 Å². The number of hydrogen-bond acceptors (Lipinski definition) is 2. The fourth-order valence-electron chi connectivity index (χ4n) is 2.30. The van der Waals surface area contributed by atoms with Crippen molar-refractivity contribution in [2.45, 2.75) is 25.9 Å². The molecule has 2 rings (SSSR count). The molecule has 0 saturated carbocycles. The van der Waals surface area contributed by atoms with Gasteiger partial charge in [-0.1, -0.05) is 29.8 Å². The molecule has 0 amide bonds. The quantitative estimate of drug-likeness (QED) is 0.848. The second kappa shape index (κ2) is 6.92. The Morgan fingerprint density at radius 1 is 1.05 bits per heavy atom. The Labute approximate surface area is 129 Å². The molecular formula is C17H19ClFNO. The molecule has 0 aliphatic carbocycles. The monoisotopic (exact) mass is 307 g/mol. The Hall–Kier alpha value is -1.58. The molecule has 4 heteroatoms. The van der Waals surface area contributed by atoms with Crippen LogP contribution in [0.25, 0.3) is 0 Å². The van der Waals surface area contributed by atoms with Gasteiger partial charge in [-0.3, -0.25) is 0 Å². The topological polar surface area (TPSA) is 21.3 Å². The Morgan fingerprint density at radius 2 is 1.71 bits per heavy atom. The summed E-state index contributed by atoms with van der Waals surface area (Å²) in [5.74, 6) is 0.256. The van der Waals surface area contributed by atoms with Crippen LogP contribution in [-0.4, -0.2) is 7.11 Å². The van der Waals surface area contributed by atoms with Crippen LogP contribution < -0.4 is 10.1 Å². The van der Waals surface area contributed by atoms with Gasteiger partial charge in [0.25, 0.3) is 0 Å². The molecule has 0 bridgehead atoms. The lowest BCUT2D eigenvalue weighted by Gasteiger charge is -2.21. The largest absolute Gasteiger partial charge is 0.497 e. The lowest BCUT2D eigenvalue weighted by molar-refractivity contribution is 0.408. The maximum Gasteiger partial charge on any atom is 0.131 e. The van der Waals surface area contributed by atoms with Crippen LogP contribution in [-0.2, 0) is 0 Å². The summed E-state index contributed by atoms with van der Waals surface area (Å²) in [6, 6.07) is 12.6. The van der Waals surface area contributed by atoms with Crippen LogP contribution in [0.1, 0.15) is 37.1 Å². The maximum absolute atomic E-state index is 14.1. The first-order chi connectivity index (χ1) is 10.0. The van der Waals surface area contributed by atoms with E-state index in [1.54, 1.807) is 12.1 Å². The van der Waals surface area contributed by atoms with Gasteiger partial charge >= 0.3 is 0 Å². The third kappa shape index (κ3) is 3.96. The van der Waals surface area contributed by atoms with Crippen molar-refractivity contribution in [1.29, 1.82) is 0 Å². The minimum atomic E-state index is -0.266. The van der Waals surface area contributed by atoms with Gasteiger partial charge in [0.15, 0.2) is 0 Å². The number of rotatable bonds is 5. The molecule has 2 nitrogen and oxygen atoms in total. The average molecular weight is 308 g/mol. The average Bonchev–Trinajstić information content (AvgIpc) is 2.47. The summed E-state index contributed by atoms with van der Waals surface area (Å²) in [6.45, 7) is 3.98. The predicted molar refractivity (Wildman–Crippen MR) is 84.4 cm³/mol. The third-order valence-electron chi connectivity index (χ3n) is 3.54. The summed E-state index contributed by atoms with van der Waals surface area (Å²) in [6.07, 6.45) is 0. The van der Waals surface area contributed by atoms with E-state index in [0.717, 1.165) is 5.56 Å². The van der Waals surface area contributed by atoms with E-state index >= 15 is 0 Å². The number of hydrogen-bond donors (Lipinski definition) is 1. The molecule has 112 valence electrons. The van der Waals surface area contributed by atoms with Gasteiger partial charge in [0.05, 0.1) is 7.11 Å². The van der Waals surface area contributed by atoms with E-state index in [1.807, 2.05) is 38.1 Å². The summed E-state index contributed by atoms with van der Waals surface area (Å²) in [7, 11) is 1.53. The van der Waals surface area contributed by atoms with Crippen molar-refractivity contribution in [2.75, 3.05) is 7.11 Å². The molecule has 2 aromatic carbocycles. The molecule has 0 aliphatic heterocycles. The van der Waals surface area contributed by atoms with E-state index in [0.29, 0.717) is 16.3 Å². The van der Waals surface area contributed by atoms with Gasteiger partial charge in [-0.05, 0) is 37.6 Å². The summed E-state index contributed by atoms with van der Waals surface area (Å²) in [5.41, 5.74) is 1.73. The molecule has 2 atom stereocenters. The first-order valence-electron chi connectivity index (χ1n) is 6.86. The van der Waals surface area contributed by atoms with Gasteiger partial charge in [-0.15, -0.1) is 0 Å². The van der Waals surface area contributed by atoms with Crippen molar-refractivity contribution in [1.82, 2.24) is 5.32 Å². The summed E-state index contributed by atoms with van der Waals surface area (Å²) >= 11 is 5.89. The molecular weight excluding hydrogens is 289 g/mol. The third-order valence-corrected chi connectivity index (χ3v) is 3.80. The molecule has 0 saturated heterocycles. The normalized spacial score (nSPS) is 13.8. The van der Waals surface area contributed by atoms with Crippen LogP contribution in [0, 0.1) is 5.82 Å². The number of ether oxygens (including phenoxy) is 1. The molecule has 0 heterocycles. The summed E-state index contributed by atoms with van der Waals surface area (Å²) in [4.78, 5) is 0. The van der Waals surface area contributed by atoms with Crippen LogP contribution in [0.4, 0.5) is 4.39 Å². The van der Waals surface area contributed by atoms with E-state index in [4.69, 9.17) is 16.3 Å². The molecule has 1 N–H and O–H groups in total. The van der Waals surface area contributed by atoms with Gasteiger partial charge in [0, 0.05) is 28.7 Å². The molecule has 2 aromatic rings. The second-order valence-corrected chi connectivity index (χ2v) is 5.49. The molecule has 21 heavy (non-hydrogen) atoms. The van der Waals surface area contributed by atoms with Gasteiger partial charge in [-0.25, -0.2) is 4.39 Å². The SMILES string of the molecule is COc1ccc(C(C)N[C@H](C)c2ccc(Cl)cc2)c(F)c1. The zero-order chi connectivity index (χ0) is 15.4. The number of methoxy groups -OCH3 is 1. The van der Waals surface area contributed by atoms with Gasteiger partial charge in [-0.2, -0.15) is 0 Å². The van der Waals surface area contributed by atoms with E-state index < -0.39 is 0 Å². The van der Waals surface area contributed by atoms with Crippen molar-refractivity contribution in [3.05, 3.63) is 64.4 Å². The highest BCUT2D eigenvalue weighted by atomic mass is 35.5. The molecule has 1 unspecified atom stereocenters. The minimum Gasteiger partial charge on any atom is -0.497 e. The van der Waals surface area contributed by atoms with E-state index in [1.165, 1.54) is 13.2 Å². The number of nitrogens with one attached hydrogen (secondary N) is 1. The molecule has 0 radical (unpaired) electrons. The first-order valence-corrected chi connectivity index (χ1v) is 7.24. The fourth-order valence-corrected chi connectivity index (χ4v) is 2.42. The number of halogens is 2. The molecule has 0 fully saturated rings. The summed E-state index contributed by atoms with van der Waals surface area (Å²) in [5, 5.41) is 4.09. The molecule has 0 aromatic heterocycles. The molecule has 0 aliphatic rings. The van der Waals surface area contributed by atoms with E-state index in [-0.39, 0.29) is 17.9 Å². The van der Waals surface area contributed by atoms with Crippen molar-refractivity contribution >= 4 is 11.6 Å². The highest BCUT2D eigenvalue weighted by molar-refractivity contribution is 6.30. The Kier molecular flexibility index (Phi) is 5.21. The van der Waals surface area contributed by atoms with Crippen molar-refractivity contribution in [2.24, 2.45) is 0 Å². The second-order valence-electron chi connectivity index (χ2n) is 5.05. The van der Waals surface area contributed by atoms with E-state index in [2.05, 4.69) is 5.32 Å². The lowest BCUT2D eigenvalue weighted by Crippen LogP contribution is -2.23. The van der Waals surface area contributed by atoms with Crippen LogP contribution >= 0.6 is 11.6 Å². The van der Waals surface area contributed by atoms with Gasteiger partial charge < -0.3 is 10.1 Å². The smallest absolute Gasteiger partial charge is 0.131 e. The minimum absolute atomic E-state index is 0.0961. The standard InChI is InChI=1S/C17H19ClFNO/c1-11(13-4-6-14(18)7-5-13)20-12(2)16-9-8-15(21-3)10-17(16)19/h4-12,20H,1-3H3/t11-,12?/m1/s1. The first kappa shape index (κ1) is 15.8. The van der Waals surface area contributed by atoms with Crippen LogP contribution in [0.5, 0.6) is 5.75 Å². The predicted octanol–water partition coefficient (Wildman–Crippen LogP) is 4.90. The van der Waals surface area contributed by atoms with Crippen LogP contribution in [0.2, 0.25) is 5.02 Å². The summed E-state index contributed by atoms with van der Waals surface area (Å²) < 4.78 is 19.1.